The zero-order valence-electron chi connectivity index (χ0n) is 9.52. The minimum Gasteiger partial charge on any atom is -0.342 e. The van der Waals surface area contributed by atoms with E-state index in [1.807, 2.05) is 14.0 Å². The quantitative estimate of drug-likeness (QED) is 0.791. The summed E-state index contributed by atoms with van der Waals surface area (Å²) in [5, 5.41) is 3.13. The second-order valence-electron chi connectivity index (χ2n) is 4.48. The molecule has 1 fully saturated rings. The van der Waals surface area contributed by atoms with E-state index in [-0.39, 0.29) is 5.54 Å². The van der Waals surface area contributed by atoms with Gasteiger partial charge in [0.2, 0.25) is 5.91 Å². The summed E-state index contributed by atoms with van der Waals surface area (Å²) in [5.41, 5.74) is -0.0605. The van der Waals surface area contributed by atoms with Gasteiger partial charge in [-0.25, -0.2) is 0 Å². The summed E-state index contributed by atoms with van der Waals surface area (Å²) in [5.74, 6) is -0.814. The van der Waals surface area contributed by atoms with Crippen LogP contribution in [0.1, 0.15) is 26.2 Å². The molecular formula is C10H17F3N2O. The second kappa shape index (κ2) is 4.61. The van der Waals surface area contributed by atoms with Gasteiger partial charge < -0.3 is 10.2 Å². The lowest BCUT2D eigenvalue weighted by Gasteiger charge is -2.39. The molecule has 0 saturated carbocycles. The first-order chi connectivity index (χ1) is 7.26. The highest BCUT2D eigenvalue weighted by molar-refractivity contribution is 5.76. The Hall–Kier alpha value is -0.780. The predicted octanol–water partition coefficient (Wildman–Crippen LogP) is 1.54. The Balaban J connectivity index is 2.45. The van der Waals surface area contributed by atoms with Crippen LogP contribution in [0, 0.1) is 0 Å². The van der Waals surface area contributed by atoms with Gasteiger partial charge in [0, 0.05) is 18.6 Å². The van der Waals surface area contributed by atoms with E-state index >= 15 is 0 Å². The van der Waals surface area contributed by atoms with E-state index in [0.717, 1.165) is 0 Å². The highest BCUT2D eigenvalue weighted by Crippen LogP contribution is 2.25. The SMILES string of the molecule is CNC1(C)CCN(C(=O)CC(F)(F)F)CC1. The van der Waals surface area contributed by atoms with Crippen LogP contribution in [0.5, 0.6) is 0 Å². The highest BCUT2D eigenvalue weighted by Gasteiger charge is 2.36. The summed E-state index contributed by atoms with van der Waals surface area (Å²) < 4.78 is 36.1. The molecule has 0 aromatic carbocycles. The number of carbonyl (C=O) groups is 1. The van der Waals surface area contributed by atoms with Gasteiger partial charge in [-0.1, -0.05) is 0 Å². The molecule has 6 heteroatoms. The number of rotatable bonds is 2. The molecule has 0 atom stereocenters. The van der Waals surface area contributed by atoms with Crippen molar-refractivity contribution in [1.82, 2.24) is 10.2 Å². The molecule has 3 nitrogen and oxygen atoms in total. The molecule has 0 aromatic heterocycles. The number of likely N-dealkylation sites (tertiary alicyclic amines) is 1. The molecule has 94 valence electrons. The Labute approximate surface area is 93.0 Å². The van der Waals surface area contributed by atoms with Gasteiger partial charge in [-0.2, -0.15) is 13.2 Å². The number of halogens is 3. The fraction of sp³-hybridized carbons (Fsp3) is 0.900. The minimum absolute atomic E-state index is 0.0605. The van der Waals surface area contributed by atoms with Gasteiger partial charge in [0.15, 0.2) is 0 Å². The number of nitrogens with one attached hydrogen (secondary N) is 1. The van der Waals surface area contributed by atoms with Gasteiger partial charge in [0.1, 0.15) is 6.42 Å². The summed E-state index contributed by atoms with van der Waals surface area (Å²) in [6, 6.07) is 0. The van der Waals surface area contributed by atoms with Crippen LogP contribution in [0.15, 0.2) is 0 Å². The molecule has 1 N–H and O–H groups in total. The Bertz CT molecular complexity index is 257. The summed E-state index contributed by atoms with van der Waals surface area (Å²) in [4.78, 5) is 12.6. The molecule has 0 bridgehead atoms. The molecule has 0 aromatic rings. The van der Waals surface area contributed by atoms with Crippen LogP contribution in [0.25, 0.3) is 0 Å². The molecule has 1 aliphatic heterocycles. The largest absolute Gasteiger partial charge is 0.397 e. The Kier molecular flexibility index (Phi) is 3.83. The number of amides is 1. The lowest BCUT2D eigenvalue weighted by molar-refractivity contribution is -0.162. The van der Waals surface area contributed by atoms with E-state index in [9.17, 15) is 18.0 Å². The molecule has 1 rings (SSSR count). The molecule has 16 heavy (non-hydrogen) atoms. The van der Waals surface area contributed by atoms with Gasteiger partial charge in [0.25, 0.3) is 0 Å². The van der Waals surface area contributed by atoms with Crippen molar-refractivity contribution in [3.63, 3.8) is 0 Å². The fourth-order valence-electron chi connectivity index (χ4n) is 1.78. The maximum Gasteiger partial charge on any atom is 0.397 e. The number of piperidine rings is 1. The minimum atomic E-state index is -4.40. The molecule has 1 aliphatic rings. The molecule has 0 radical (unpaired) electrons. The first-order valence-electron chi connectivity index (χ1n) is 5.29. The van der Waals surface area contributed by atoms with Crippen molar-refractivity contribution in [1.29, 1.82) is 0 Å². The van der Waals surface area contributed by atoms with Crippen molar-refractivity contribution >= 4 is 5.91 Å². The van der Waals surface area contributed by atoms with E-state index < -0.39 is 18.5 Å². The van der Waals surface area contributed by atoms with Gasteiger partial charge >= 0.3 is 6.18 Å². The van der Waals surface area contributed by atoms with Crippen LogP contribution in [0.4, 0.5) is 13.2 Å². The first kappa shape index (κ1) is 13.3. The van der Waals surface area contributed by atoms with Gasteiger partial charge in [-0.05, 0) is 26.8 Å². The van der Waals surface area contributed by atoms with Crippen LogP contribution < -0.4 is 5.32 Å². The zero-order chi connectivity index (χ0) is 12.4. The number of alkyl halides is 3. The van der Waals surface area contributed by atoms with Crippen molar-refractivity contribution in [3.8, 4) is 0 Å². The molecular weight excluding hydrogens is 221 g/mol. The summed E-state index contributed by atoms with van der Waals surface area (Å²) >= 11 is 0. The third-order valence-electron chi connectivity index (χ3n) is 3.17. The zero-order valence-corrected chi connectivity index (χ0v) is 9.52. The summed E-state index contributed by atoms with van der Waals surface area (Å²) in [6.45, 7) is 2.80. The van der Waals surface area contributed by atoms with E-state index in [1.54, 1.807) is 0 Å². The molecule has 1 amide bonds. The van der Waals surface area contributed by atoms with E-state index in [1.165, 1.54) is 4.90 Å². The predicted molar refractivity (Wildman–Crippen MR) is 54.0 cm³/mol. The Morgan fingerprint density at radius 2 is 1.88 bits per heavy atom. The smallest absolute Gasteiger partial charge is 0.342 e. The number of carbonyl (C=O) groups excluding carboxylic acids is 1. The maximum atomic E-state index is 12.0. The fourth-order valence-corrected chi connectivity index (χ4v) is 1.78. The average Bonchev–Trinajstić information content (AvgIpc) is 2.16. The Morgan fingerprint density at radius 3 is 2.25 bits per heavy atom. The maximum absolute atomic E-state index is 12.0. The van der Waals surface area contributed by atoms with Gasteiger partial charge in [-0.15, -0.1) is 0 Å². The molecule has 1 heterocycles. The van der Waals surface area contributed by atoms with E-state index in [4.69, 9.17) is 0 Å². The third kappa shape index (κ3) is 3.66. The van der Waals surface area contributed by atoms with Crippen LogP contribution in [0.2, 0.25) is 0 Å². The standard InChI is InChI=1S/C10H17F3N2O/c1-9(14-2)3-5-15(6-4-9)8(16)7-10(11,12)13/h14H,3-7H2,1-2H3. The van der Waals surface area contributed by atoms with Crippen LogP contribution in [0.3, 0.4) is 0 Å². The summed E-state index contributed by atoms with van der Waals surface area (Å²) in [7, 11) is 1.83. The topological polar surface area (TPSA) is 32.3 Å². The van der Waals surface area contributed by atoms with Gasteiger partial charge in [0.05, 0.1) is 0 Å². The molecule has 0 spiro atoms. The van der Waals surface area contributed by atoms with Crippen molar-refractivity contribution in [2.45, 2.75) is 37.9 Å². The number of hydrogen-bond donors (Lipinski definition) is 1. The molecule has 1 saturated heterocycles. The summed E-state index contributed by atoms with van der Waals surface area (Å²) in [6.07, 6.45) is -4.37. The number of hydrogen-bond acceptors (Lipinski definition) is 2. The normalized spacial score (nSPS) is 20.9. The van der Waals surface area contributed by atoms with Gasteiger partial charge in [-0.3, -0.25) is 4.79 Å². The monoisotopic (exact) mass is 238 g/mol. The lowest BCUT2D eigenvalue weighted by atomic mass is 9.90. The van der Waals surface area contributed by atoms with Crippen molar-refractivity contribution in [2.75, 3.05) is 20.1 Å². The molecule has 0 unspecified atom stereocenters. The van der Waals surface area contributed by atoms with Crippen LogP contribution in [-0.4, -0.2) is 42.7 Å². The van der Waals surface area contributed by atoms with Crippen molar-refractivity contribution in [3.05, 3.63) is 0 Å². The Morgan fingerprint density at radius 1 is 1.38 bits per heavy atom. The molecule has 0 aliphatic carbocycles. The van der Waals surface area contributed by atoms with Crippen LogP contribution in [-0.2, 0) is 4.79 Å². The second-order valence-corrected chi connectivity index (χ2v) is 4.48. The number of nitrogens with zero attached hydrogens (tertiary/aromatic N) is 1. The highest BCUT2D eigenvalue weighted by atomic mass is 19.4. The van der Waals surface area contributed by atoms with E-state index in [2.05, 4.69) is 5.32 Å². The van der Waals surface area contributed by atoms with Crippen LogP contribution >= 0.6 is 0 Å². The van der Waals surface area contributed by atoms with Crippen molar-refractivity contribution < 1.29 is 18.0 Å². The van der Waals surface area contributed by atoms with Crippen molar-refractivity contribution in [2.24, 2.45) is 0 Å². The average molecular weight is 238 g/mol. The first-order valence-corrected chi connectivity index (χ1v) is 5.29. The van der Waals surface area contributed by atoms with E-state index in [0.29, 0.717) is 25.9 Å². The lowest BCUT2D eigenvalue weighted by Crippen LogP contribution is -2.51. The third-order valence-corrected chi connectivity index (χ3v) is 3.17.